The van der Waals surface area contributed by atoms with Crippen LogP contribution >= 0.6 is 0 Å². The second kappa shape index (κ2) is 40.5. The Morgan fingerprint density at radius 2 is 0.784 bits per heavy atom. The number of aromatic nitrogens is 20. The molecule has 1 saturated heterocycles. The Morgan fingerprint density at radius 1 is 0.468 bits per heavy atom. The number of benzene rings is 4. The number of ether oxygens (including phenoxy) is 5. The smallest absolute Gasteiger partial charge is 0.387 e. The molecule has 4 amide bonds. The average Bonchev–Trinajstić information content (AvgIpc) is 1.72. The maximum absolute atomic E-state index is 13.8. The highest BCUT2D eigenvalue weighted by Crippen LogP contribution is 2.43. The fraction of sp³-hybridized carbons (Fsp3) is 0.195. The summed E-state index contributed by atoms with van der Waals surface area (Å²) in [6, 6.07) is 20.5. The number of esters is 1. The van der Waals surface area contributed by atoms with Gasteiger partial charge in [0.05, 0.1) is 92.2 Å². The quantitative estimate of drug-likeness (QED) is 0.0261. The van der Waals surface area contributed by atoms with Crippen LogP contribution in [-0.2, 0) is 69.7 Å². The van der Waals surface area contributed by atoms with Crippen molar-refractivity contribution in [3.8, 4) is 74.1 Å². The molecule has 44 nitrogen and oxygen atoms in total. The van der Waals surface area contributed by atoms with Crippen LogP contribution in [0.3, 0.4) is 0 Å². The maximum Gasteiger partial charge on any atom is 0.387 e. The maximum atomic E-state index is 13.8. The number of carbonyl (C=O) groups is 5. The molecule has 1 aliphatic heterocycles. The van der Waals surface area contributed by atoms with Gasteiger partial charge in [-0.05, 0) is 104 Å². The van der Waals surface area contributed by atoms with Crippen LogP contribution < -0.4 is 40.2 Å². The highest BCUT2D eigenvalue weighted by Gasteiger charge is 2.35. The monoisotopic (exact) mass is 2000 g/mol. The third-order valence-electron chi connectivity index (χ3n) is 19.8. The molecular formula is C82H69F9N26O18S4. The highest BCUT2D eigenvalue weighted by atomic mass is 32.2. The van der Waals surface area contributed by atoms with E-state index in [1.165, 1.54) is 133 Å². The van der Waals surface area contributed by atoms with E-state index in [0.29, 0.717) is 11.3 Å². The van der Waals surface area contributed by atoms with Crippen LogP contribution in [-0.4, -0.2) is 230 Å². The fourth-order valence-electron chi connectivity index (χ4n) is 13.5. The van der Waals surface area contributed by atoms with Gasteiger partial charge < -0.3 is 45.0 Å². The molecule has 0 radical (unpaired) electrons. The number of hydrogen-bond acceptors (Lipinski definition) is 31. The molecule has 139 heavy (non-hydrogen) atoms. The lowest BCUT2D eigenvalue weighted by Gasteiger charge is -2.15. The van der Waals surface area contributed by atoms with E-state index in [1.54, 1.807) is 63.1 Å². The number of hydrogen-bond donors (Lipinski definition) is 4. The van der Waals surface area contributed by atoms with Crippen molar-refractivity contribution in [2.24, 2.45) is 14.1 Å². The minimum atomic E-state index is -4.46. The molecule has 0 spiro atoms. The first-order chi connectivity index (χ1) is 65.9. The van der Waals surface area contributed by atoms with Gasteiger partial charge >= 0.3 is 32.4 Å². The van der Waals surface area contributed by atoms with E-state index in [1.807, 2.05) is 6.07 Å². The van der Waals surface area contributed by atoms with E-state index in [4.69, 9.17) is 10.00 Å². The zero-order valence-corrected chi connectivity index (χ0v) is 75.5. The Bertz CT molecular complexity index is 7980. The molecule has 0 saturated carbocycles. The van der Waals surface area contributed by atoms with Gasteiger partial charge in [-0.1, -0.05) is 0 Å². The number of anilines is 4. The van der Waals surface area contributed by atoms with Crippen molar-refractivity contribution >= 4 is 114 Å². The van der Waals surface area contributed by atoms with Gasteiger partial charge in [-0.3, -0.25) is 37.9 Å². The van der Waals surface area contributed by atoms with Gasteiger partial charge in [-0.25, -0.2) is 85.2 Å². The molecule has 722 valence electrons. The van der Waals surface area contributed by atoms with E-state index < -0.39 is 118 Å². The molecule has 1 fully saturated rings. The van der Waals surface area contributed by atoms with Crippen LogP contribution in [0.25, 0.3) is 67.6 Å². The Labute approximate surface area is 776 Å². The topological polar surface area (TPSA) is 535 Å². The lowest BCUT2D eigenvalue weighted by molar-refractivity contribution is -0.140. The van der Waals surface area contributed by atoms with Crippen molar-refractivity contribution in [1.29, 1.82) is 5.26 Å². The predicted molar refractivity (Wildman–Crippen MR) is 468 cm³/mol. The number of amides is 4. The van der Waals surface area contributed by atoms with E-state index in [9.17, 15) is 97.2 Å². The Kier molecular flexibility index (Phi) is 28.7. The molecule has 4 aromatic carbocycles. The lowest BCUT2D eigenvalue weighted by atomic mass is 10.1. The first-order valence-corrected chi connectivity index (χ1v) is 46.4. The molecule has 4 N–H and O–H groups in total. The molecule has 2 unspecified atom stereocenters. The number of carbonyl (C=O) groups excluding carboxylic acids is 5. The van der Waals surface area contributed by atoms with Crippen LogP contribution in [0.5, 0.6) is 23.0 Å². The number of alkyl halides is 9. The van der Waals surface area contributed by atoms with Crippen molar-refractivity contribution in [3.05, 3.63) is 218 Å². The van der Waals surface area contributed by atoms with E-state index in [0.717, 1.165) is 89.1 Å². The van der Waals surface area contributed by atoms with Gasteiger partial charge in [0.1, 0.15) is 74.6 Å². The molecule has 2 atom stereocenters. The third-order valence-corrected chi connectivity index (χ3v) is 25.6. The van der Waals surface area contributed by atoms with Gasteiger partial charge in [0.25, 0.3) is 23.6 Å². The summed E-state index contributed by atoms with van der Waals surface area (Å²) in [5, 5.41) is 52.7. The first kappa shape index (κ1) is 98.4. The van der Waals surface area contributed by atoms with Crippen LogP contribution in [0.2, 0.25) is 0 Å². The lowest BCUT2D eigenvalue weighted by Crippen LogP contribution is -2.22. The number of sulfonamides is 1. The zero-order valence-electron chi connectivity index (χ0n) is 72.3. The summed E-state index contributed by atoms with van der Waals surface area (Å²) in [4.78, 5) is 79.7. The molecule has 0 bridgehead atoms. The zero-order chi connectivity index (χ0) is 100. The summed E-state index contributed by atoms with van der Waals surface area (Å²) < 4.78 is 252. The van der Waals surface area contributed by atoms with Crippen molar-refractivity contribution in [2.45, 2.75) is 77.5 Å². The van der Waals surface area contributed by atoms with E-state index in [-0.39, 0.29) is 153 Å². The van der Waals surface area contributed by atoms with E-state index >= 15 is 0 Å². The van der Waals surface area contributed by atoms with Crippen molar-refractivity contribution in [2.75, 3.05) is 54.5 Å². The molecule has 13 heterocycles. The average molecular weight is 2010 g/mol. The fourth-order valence-corrected chi connectivity index (χ4v) is 16.6. The number of sulfone groups is 3. The molecule has 17 rings (SSSR count). The van der Waals surface area contributed by atoms with E-state index in [2.05, 4.69) is 101 Å². The number of rotatable bonds is 28. The summed E-state index contributed by atoms with van der Waals surface area (Å²) in [6.45, 7) is -12.1. The van der Waals surface area contributed by atoms with Crippen molar-refractivity contribution in [1.82, 2.24) is 102 Å². The molecule has 16 aromatic rings. The van der Waals surface area contributed by atoms with Gasteiger partial charge in [-0.2, -0.15) is 81.2 Å². The van der Waals surface area contributed by atoms with Crippen LogP contribution in [0.4, 0.5) is 62.3 Å². The Balaban J connectivity index is 0.000000148. The molecular weight excluding hydrogens is 1940 g/mol. The number of nitrogens with one attached hydrogen (secondary N) is 4. The standard InChI is InChI=1S/C22H18F2N6O6S.C21H16F3N7O4S.C20H19F2N7O4S.C19H16F2N6O4S/c1-37(33,34)12-3-4-17(36-22(23)24)13(9-12)18-15(11-30(28-18)16-5-8-35-21(16)32)27-20(31)14-10-26-29-7-2-6-25-19(14)29;1-12(22)36(33,34)13-3-4-17(35-21(23)24)14(9-13)18-16(11-30(29-18)8-5-25)28-20(32)15-10-27-31-7-2-6-26-19(15)31;1-27(2)34(31,32)12-5-6-16(33-20(21)22)13(9-12)17-15(11-28(3)26-17)25-19(30)14-10-24-29-8-4-7-23-18(14)29;1-26-10-14(24-18(28)13-9-23-27-7-3-6-22-17(13)27)16(25-26)12-8-11(32(2,29)30)4-5-15(12)31-19(20)21/h2-4,6-7,9-11,16,22H,5,8H2,1H3,(H,27,31);2-4,6-7,9-12,21H,8H2,1H3,(H,28,32);4-11,20H,1-3H3,(H,25,30);3-10,19H,1-2H3,(H,24,28). The van der Waals surface area contributed by atoms with Gasteiger partial charge in [0.2, 0.25) is 25.4 Å². The number of nitriles is 1. The molecule has 12 aromatic heterocycles. The molecule has 0 aliphatic carbocycles. The minimum absolute atomic E-state index is 0.00440. The predicted octanol–water partition coefficient (Wildman–Crippen LogP) is 10.0. The minimum Gasteiger partial charge on any atom is -0.464 e. The second-order valence-electron chi connectivity index (χ2n) is 29.4. The highest BCUT2D eigenvalue weighted by molar-refractivity contribution is 7.92. The number of aryl methyl sites for hydroxylation is 2. The normalized spacial score (nSPS) is 13.1. The Morgan fingerprint density at radius 3 is 1.11 bits per heavy atom. The van der Waals surface area contributed by atoms with Crippen molar-refractivity contribution in [3.63, 3.8) is 0 Å². The summed E-state index contributed by atoms with van der Waals surface area (Å²) in [5.41, 5.74) is -1.11. The SMILES string of the molecule is CC(F)S(=O)(=O)c1ccc(OC(F)F)c(-c2nn(CC#N)cc2NC(=O)c2cnn3cccnc23)c1.CN(C)S(=O)(=O)c1ccc(OC(F)F)c(-c2nn(C)cc2NC(=O)c2cnn3cccnc23)c1.CS(=O)(=O)c1ccc(OC(F)F)c(-c2nn(C3CCOC3=O)cc2NC(=O)c2cnn3cccnc23)c1.Cn1cc(NC(=O)c2cnn3cccnc23)c(-c2cc(S(C)(=O)=O)ccc2OC(F)F)n1. The molecule has 1 aliphatic rings. The first-order valence-electron chi connectivity index (χ1n) is 39.7. The number of nitrogens with zero attached hydrogens (tertiary/aromatic N) is 22. The number of cyclic esters (lactones) is 1. The third kappa shape index (κ3) is 22.0. The second-order valence-corrected chi connectivity index (χ2v) is 37.8. The summed E-state index contributed by atoms with van der Waals surface area (Å²) >= 11 is 0. The molecule has 57 heteroatoms. The summed E-state index contributed by atoms with van der Waals surface area (Å²) in [7, 11) is -9.95. The van der Waals surface area contributed by atoms with Gasteiger partial charge in [0, 0.05) is 131 Å². The largest absolute Gasteiger partial charge is 0.464 e. The summed E-state index contributed by atoms with van der Waals surface area (Å²) in [6.07, 6.45) is 25.3. The van der Waals surface area contributed by atoms with Gasteiger partial charge in [-0.15, -0.1) is 0 Å². The van der Waals surface area contributed by atoms with Crippen LogP contribution in [0.1, 0.15) is 60.8 Å². The number of halogens is 9. The Hall–Kier alpha value is -16.6. The summed E-state index contributed by atoms with van der Waals surface area (Å²) in [5.74, 6) is -4.51. The van der Waals surface area contributed by atoms with Crippen LogP contribution in [0, 0.1) is 11.3 Å². The van der Waals surface area contributed by atoms with Crippen molar-refractivity contribution < 1.29 is 121 Å². The van der Waals surface area contributed by atoms with Gasteiger partial charge in [0.15, 0.2) is 48.3 Å². The van der Waals surface area contributed by atoms with Crippen LogP contribution in [0.15, 0.2) is 216 Å². The number of fused-ring (bicyclic) bond motifs is 4.